The number of benzene rings is 3. The molecule has 28 heavy (non-hydrogen) atoms. The molecule has 0 spiro atoms. The first-order chi connectivity index (χ1) is 13.3. The molecule has 0 atom stereocenters. The van der Waals surface area contributed by atoms with Gasteiger partial charge in [0.25, 0.3) is 21.6 Å². The number of amides is 1. The largest absolute Gasteiger partial charge is 0.322 e. The summed E-state index contributed by atoms with van der Waals surface area (Å²) in [5.41, 5.74) is 0.724. The highest BCUT2D eigenvalue weighted by Gasteiger charge is 2.14. The second-order valence-electron chi connectivity index (χ2n) is 5.76. The first kappa shape index (κ1) is 19.1. The van der Waals surface area contributed by atoms with E-state index in [1.165, 1.54) is 60.7 Å². The van der Waals surface area contributed by atoms with Crippen molar-refractivity contribution in [3.05, 3.63) is 94.5 Å². The van der Waals surface area contributed by atoms with Gasteiger partial charge in [-0.15, -0.1) is 0 Å². The van der Waals surface area contributed by atoms with Crippen LogP contribution in [0.5, 0.6) is 0 Å². The first-order valence-corrected chi connectivity index (χ1v) is 9.57. The molecule has 0 fully saturated rings. The van der Waals surface area contributed by atoms with Crippen LogP contribution >= 0.6 is 0 Å². The van der Waals surface area contributed by atoms with Crippen LogP contribution in [0.1, 0.15) is 10.4 Å². The number of nitro benzene ring substituents is 1. The summed E-state index contributed by atoms with van der Waals surface area (Å²) in [6, 6.07) is 19.3. The molecule has 0 aliphatic rings. The molecule has 0 radical (unpaired) electrons. The average molecular weight is 397 g/mol. The number of nitrogens with one attached hydrogen (secondary N) is 2. The minimum Gasteiger partial charge on any atom is -0.322 e. The molecule has 0 saturated heterocycles. The van der Waals surface area contributed by atoms with E-state index in [0.29, 0.717) is 5.69 Å². The van der Waals surface area contributed by atoms with Crippen molar-refractivity contribution in [1.82, 2.24) is 0 Å². The predicted molar refractivity (Wildman–Crippen MR) is 105 cm³/mol. The second-order valence-corrected chi connectivity index (χ2v) is 7.44. The maximum Gasteiger partial charge on any atom is 0.271 e. The van der Waals surface area contributed by atoms with Crippen molar-refractivity contribution in [2.24, 2.45) is 0 Å². The molecule has 0 aromatic heterocycles. The molecule has 3 aromatic carbocycles. The minimum absolute atomic E-state index is 0.127. The van der Waals surface area contributed by atoms with E-state index >= 15 is 0 Å². The van der Waals surface area contributed by atoms with Gasteiger partial charge in [0.1, 0.15) is 0 Å². The quantitative estimate of drug-likeness (QED) is 0.486. The summed E-state index contributed by atoms with van der Waals surface area (Å²) in [7, 11) is -3.72. The fourth-order valence-electron chi connectivity index (χ4n) is 2.40. The Hall–Kier alpha value is -3.72. The number of non-ortho nitro benzene ring substituents is 1. The van der Waals surface area contributed by atoms with Crippen LogP contribution < -0.4 is 10.0 Å². The van der Waals surface area contributed by atoms with Crippen molar-refractivity contribution in [3.8, 4) is 0 Å². The van der Waals surface area contributed by atoms with Crippen molar-refractivity contribution in [1.29, 1.82) is 0 Å². The van der Waals surface area contributed by atoms with Crippen LogP contribution in [0.3, 0.4) is 0 Å². The molecule has 8 nitrogen and oxygen atoms in total. The first-order valence-electron chi connectivity index (χ1n) is 8.09. The van der Waals surface area contributed by atoms with Gasteiger partial charge in [0.15, 0.2) is 0 Å². The summed E-state index contributed by atoms with van der Waals surface area (Å²) in [6.45, 7) is 0. The average Bonchev–Trinajstić information content (AvgIpc) is 2.69. The molecular formula is C19H15N3O5S. The zero-order chi connectivity index (χ0) is 20.1. The van der Waals surface area contributed by atoms with Gasteiger partial charge in [-0.3, -0.25) is 19.6 Å². The zero-order valence-corrected chi connectivity index (χ0v) is 15.2. The third-order valence-electron chi connectivity index (χ3n) is 3.77. The number of hydrogen-bond acceptors (Lipinski definition) is 5. The molecule has 3 aromatic rings. The maximum atomic E-state index is 12.3. The Kier molecular flexibility index (Phi) is 5.37. The molecule has 142 valence electrons. The number of anilines is 2. The second kappa shape index (κ2) is 7.89. The van der Waals surface area contributed by atoms with Crippen molar-refractivity contribution >= 4 is 33.0 Å². The molecule has 0 aliphatic heterocycles. The summed E-state index contributed by atoms with van der Waals surface area (Å²) in [6.07, 6.45) is 0. The topological polar surface area (TPSA) is 118 Å². The van der Waals surface area contributed by atoms with Crippen molar-refractivity contribution < 1.29 is 18.1 Å². The minimum atomic E-state index is -3.72. The Morgan fingerprint density at radius 2 is 1.54 bits per heavy atom. The molecule has 0 unspecified atom stereocenters. The van der Waals surface area contributed by atoms with Crippen LogP contribution in [0.25, 0.3) is 0 Å². The number of nitro groups is 1. The molecule has 0 heterocycles. The fraction of sp³-hybridized carbons (Fsp3) is 0. The van der Waals surface area contributed by atoms with Gasteiger partial charge >= 0.3 is 0 Å². The highest BCUT2D eigenvalue weighted by Crippen LogP contribution is 2.19. The van der Waals surface area contributed by atoms with Crippen molar-refractivity contribution in [3.63, 3.8) is 0 Å². The standard InChI is InChI=1S/C19H15N3O5S/c23-19(20-16-5-4-6-17(13-16)22(24)25)14-9-11-15(12-10-14)21-28(26,27)18-7-2-1-3-8-18/h1-13,21H,(H,20,23). The summed E-state index contributed by atoms with van der Waals surface area (Å²) in [5.74, 6) is -0.474. The Morgan fingerprint density at radius 1 is 0.857 bits per heavy atom. The van der Waals surface area contributed by atoms with Crippen LogP contribution in [0, 0.1) is 10.1 Å². The Bertz CT molecular complexity index is 1110. The van der Waals surface area contributed by atoms with E-state index in [1.807, 2.05) is 0 Å². The van der Waals surface area contributed by atoms with Crippen LogP contribution in [-0.2, 0) is 10.0 Å². The van der Waals surface area contributed by atoms with E-state index in [2.05, 4.69) is 10.0 Å². The summed E-state index contributed by atoms with van der Waals surface area (Å²) in [4.78, 5) is 22.7. The lowest BCUT2D eigenvalue weighted by molar-refractivity contribution is -0.384. The van der Waals surface area contributed by atoms with Crippen LogP contribution in [0.2, 0.25) is 0 Å². The normalized spacial score (nSPS) is 10.9. The smallest absolute Gasteiger partial charge is 0.271 e. The lowest BCUT2D eigenvalue weighted by Gasteiger charge is -2.09. The number of carbonyl (C=O) groups is 1. The van der Waals surface area contributed by atoms with E-state index in [-0.39, 0.29) is 21.8 Å². The van der Waals surface area contributed by atoms with E-state index < -0.39 is 20.9 Å². The predicted octanol–water partition coefficient (Wildman–Crippen LogP) is 3.65. The number of rotatable bonds is 6. The van der Waals surface area contributed by atoms with Crippen molar-refractivity contribution in [2.45, 2.75) is 4.90 Å². The molecule has 3 rings (SSSR count). The van der Waals surface area contributed by atoms with E-state index in [0.717, 1.165) is 0 Å². The van der Waals surface area contributed by atoms with Crippen LogP contribution in [0.4, 0.5) is 17.1 Å². The zero-order valence-electron chi connectivity index (χ0n) is 14.4. The maximum absolute atomic E-state index is 12.3. The molecule has 2 N–H and O–H groups in total. The van der Waals surface area contributed by atoms with Gasteiger partial charge in [-0.05, 0) is 42.5 Å². The van der Waals surface area contributed by atoms with Crippen molar-refractivity contribution in [2.75, 3.05) is 10.0 Å². The number of carbonyl (C=O) groups excluding carboxylic acids is 1. The Labute approximate surface area is 161 Å². The summed E-state index contributed by atoms with van der Waals surface area (Å²) >= 11 is 0. The SMILES string of the molecule is O=C(Nc1cccc([N+](=O)[O-])c1)c1ccc(NS(=O)(=O)c2ccccc2)cc1. The van der Waals surface area contributed by atoms with E-state index in [9.17, 15) is 23.3 Å². The van der Waals surface area contributed by atoms with Crippen LogP contribution in [-0.4, -0.2) is 19.2 Å². The monoisotopic (exact) mass is 397 g/mol. The molecule has 1 amide bonds. The number of nitrogens with zero attached hydrogens (tertiary/aromatic N) is 1. The lowest BCUT2D eigenvalue weighted by atomic mass is 10.2. The van der Waals surface area contributed by atoms with Crippen LogP contribution in [0.15, 0.2) is 83.8 Å². The Balaban J connectivity index is 1.71. The lowest BCUT2D eigenvalue weighted by Crippen LogP contribution is -2.14. The highest BCUT2D eigenvalue weighted by atomic mass is 32.2. The molecule has 9 heteroatoms. The molecule has 0 saturated carbocycles. The number of hydrogen-bond donors (Lipinski definition) is 2. The molecule has 0 aliphatic carbocycles. The Morgan fingerprint density at radius 3 is 2.18 bits per heavy atom. The summed E-state index contributed by atoms with van der Waals surface area (Å²) in [5, 5.41) is 13.4. The van der Waals surface area contributed by atoms with Gasteiger partial charge in [-0.1, -0.05) is 24.3 Å². The summed E-state index contributed by atoms with van der Waals surface area (Å²) < 4.78 is 27.0. The molecule has 0 bridgehead atoms. The molecular weight excluding hydrogens is 382 g/mol. The van der Waals surface area contributed by atoms with Gasteiger partial charge in [-0.25, -0.2) is 8.42 Å². The third-order valence-corrected chi connectivity index (χ3v) is 5.16. The number of sulfonamides is 1. The third kappa shape index (κ3) is 4.51. The van der Waals surface area contributed by atoms with Gasteiger partial charge in [0.05, 0.1) is 9.82 Å². The van der Waals surface area contributed by atoms with Gasteiger partial charge in [0.2, 0.25) is 0 Å². The van der Waals surface area contributed by atoms with Gasteiger partial charge in [0, 0.05) is 29.1 Å². The van der Waals surface area contributed by atoms with Gasteiger partial charge in [-0.2, -0.15) is 0 Å². The van der Waals surface area contributed by atoms with E-state index in [1.54, 1.807) is 18.2 Å². The van der Waals surface area contributed by atoms with Gasteiger partial charge < -0.3 is 5.32 Å². The van der Waals surface area contributed by atoms with E-state index in [4.69, 9.17) is 0 Å². The fourth-order valence-corrected chi connectivity index (χ4v) is 3.48. The highest BCUT2D eigenvalue weighted by molar-refractivity contribution is 7.92.